The summed E-state index contributed by atoms with van der Waals surface area (Å²) in [5, 5.41) is 3.26. The predicted octanol–water partition coefficient (Wildman–Crippen LogP) is 3.89. The Kier molecular flexibility index (Phi) is 4.01. The molecular formula is C13H22F3N. The molecule has 2 fully saturated rings. The Morgan fingerprint density at radius 3 is 2.18 bits per heavy atom. The third-order valence-electron chi connectivity index (χ3n) is 4.52. The van der Waals surface area contributed by atoms with Gasteiger partial charge in [-0.3, -0.25) is 0 Å². The summed E-state index contributed by atoms with van der Waals surface area (Å²) in [6.45, 7) is 2.05. The van der Waals surface area contributed by atoms with E-state index >= 15 is 0 Å². The van der Waals surface area contributed by atoms with Crippen LogP contribution in [0.2, 0.25) is 0 Å². The first kappa shape index (κ1) is 13.2. The lowest BCUT2D eigenvalue weighted by Gasteiger charge is -2.39. The second-order valence-corrected chi connectivity index (χ2v) is 5.69. The molecule has 0 spiro atoms. The van der Waals surface area contributed by atoms with Crippen LogP contribution in [0.5, 0.6) is 0 Å². The van der Waals surface area contributed by atoms with Crippen molar-refractivity contribution in [2.24, 2.45) is 11.8 Å². The van der Waals surface area contributed by atoms with Gasteiger partial charge in [-0.2, -0.15) is 13.2 Å². The molecule has 0 radical (unpaired) electrons. The monoisotopic (exact) mass is 249 g/mol. The summed E-state index contributed by atoms with van der Waals surface area (Å²) in [5.41, 5.74) is 0. The van der Waals surface area contributed by atoms with Gasteiger partial charge in [-0.15, -0.1) is 0 Å². The molecule has 1 nitrogen and oxygen atoms in total. The maximum absolute atomic E-state index is 12.9. The third kappa shape index (κ3) is 3.15. The Labute approximate surface area is 101 Å². The molecule has 0 aromatic rings. The van der Waals surface area contributed by atoms with Gasteiger partial charge in [-0.1, -0.05) is 19.3 Å². The summed E-state index contributed by atoms with van der Waals surface area (Å²) in [7, 11) is 0. The first-order valence-corrected chi connectivity index (χ1v) is 6.81. The zero-order chi connectivity index (χ0) is 12.5. The Balaban J connectivity index is 1.91. The minimum atomic E-state index is -4.03. The lowest BCUT2D eigenvalue weighted by Crippen LogP contribution is -2.51. The fourth-order valence-electron chi connectivity index (χ4n) is 3.14. The predicted molar refractivity (Wildman–Crippen MR) is 61.7 cm³/mol. The molecule has 0 heterocycles. The number of nitrogens with one attached hydrogen (secondary N) is 1. The maximum Gasteiger partial charge on any atom is 0.393 e. The van der Waals surface area contributed by atoms with Crippen LogP contribution < -0.4 is 5.32 Å². The van der Waals surface area contributed by atoms with Gasteiger partial charge in [0, 0.05) is 12.1 Å². The van der Waals surface area contributed by atoms with Gasteiger partial charge in [0.1, 0.15) is 0 Å². The van der Waals surface area contributed by atoms with Crippen LogP contribution in [0.15, 0.2) is 0 Å². The largest absolute Gasteiger partial charge is 0.393 e. The molecule has 0 bridgehead atoms. The number of alkyl halides is 3. The van der Waals surface area contributed by atoms with Crippen LogP contribution in [0.1, 0.15) is 51.9 Å². The molecule has 2 rings (SSSR count). The molecule has 0 aromatic heterocycles. The molecule has 17 heavy (non-hydrogen) atoms. The van der Waals surface area contributed by atoms with Gasteiger partial charge in [0.2, 0.25) is 0 Å². The van der Waals surface area contributed by atoms with Crippen LogP contribution in [-0.2, 0) is 0 Å². The second-order valence-electron chi connectivity index (χ2n) is 5.69. The van der Waals surface area contributed by atoms with E-state index in [0.29, 0.717) is 18.8 Å². The Bertz CT molecular complexity index is 248. The fourth-order valence-corrected chi connectivity index (χ4v) is 3.14. The van der Waals surface area contributed by atoms with E-state index in [9.17, 15) is 13.2 Å². The van der Waals surface area contributed by atoms with Gasteiger partial charge in [0.05, 0.1) is 5.92 Å². The van der Waals surface area contributed by atoms with Crippen molar-refractivity contribution in [3.05, 3.63) is 0 Å². The van der Waals surface area contributed by atoms with E-state index < -0.39 is 12.1 Å². The zero-order valence-electron chi connectivity index (χ0n) is 10.4. The molecule has 2 aliphatic carbocycles. The fraction of sp³-hybridized carbons (Fsp3) is 1.00. The van der Waals surface area contributed by atoms with Crippen LogP contribution in [0.3, 0.4) is 0 Å². The number of rotatable bonds is 3. The smallest absolute Gasteiger partial charge is 0.311 e. The van der Waals surface area contributed by atoms with Crippen molar-refractivity contribution in [3.63, 3.8) is 0 Å². The van der Waals surface area contributed by atoms with E-state index in [-0.39, 0.29) is 12.1 Å². The van der Waals surface area contributed by atoms with Gasteiger partial charge in [-0.05, 0) is 38.5 Å². The molecule has 0 aromatic carbocycles. The maximum atomic E-state index is 12.9. The molecule has 0 aliphatic heterocycles. The van der Waals surface area contributed by atoms with E-state index in [4.69, 9.17) is 0 Å². The summed E-state index contributed by atoms with van der Waals surface area (Å²) in [6, 6.07) is -0.101. The average molecular weight is 249 g/mol. The number of hydrogen-bond donors (Lipinski definition) is 1. The molecule has 0 saturated heterocycles. The number of halogens is 3. The summed E-state index contributed by atoms with van der Waals surface area (Å²) in [6.07, 6.45) is 2.21. The standard InChI is InChI=1S/C13H22F3N/c1-9(10-5-4-6-10)17-12-8-3-2-7-11(12)13(14,15)16/h9-12,17H,2-8H2,1H3. The topological polar surface area (TPSA) is 12.0 Å². The van der Waals surface area contributed by atoms with E-state index in [2.05, 4.69) is 5.32 Å². The van der Waals surface area contributed by atoms with Crippen molar-refractivity contribution in [2.75, 3.05) is 0 Å². The average Bonchev–Trinajstić information content (AvgIpc) is 2.13. The Hall–Kier alpha value is -0.250. The van der Waals surface area contributed by atoms with Gasteiger partial charge >= 0.3 is 6.18 Å². The lowest BCUT2D eigenvalue weighted by atomic mass is 9.78. The van der Waals surface area contributed by atoms with Crippen molar-refractivity contribution in [2.45, 2.75) is 70.1 Å². The highest BCUT2D eigenvalue weighted by Crippen LogP contribution is 2.39. The van der Waals surface area contributed by atoms with Crippen LogP contribution in [0.25, 0.3) is 0 Å². The van der Waals surface area contributed by atoms with Crippen molar-refractivity contribution >= 4 is 0 Å². The molecule has 4 heteroatoms. The van der Waals surface area contributed by atoms with Crippen molar-refractivity contribution in [1.29, 1.82) is 0 Å². The Morgan fingerprint density at radius 1 is 1.00 bits per heavy atom. The number of hydrogen-bond acceptors (Lipinski definition) is 1. The summed E-state index contributed by atoms with van der Waals surface area (Å²) in [5.74, 6) is -0.524. The molecule has 0 amide bonds. The first-order chi connectivity index (χ1) is 7.98. The minimum Gasteiger partial charge on any atom is -0.311 e. The second kappa shape index (κ2) is 5.17. The Morgan fingerprint density at radius 2 is 1.65 bits per heavy atom. The van der Waals surface area contributed by atoms with E-state index in [1.807, 2.05) is 6.92 Å². The van der Waals surface area contributed by atoms with Crippen LogP contribution in [-0.4, -0.2) is 18.3 Å². The highest BCUT2D eigenvalue weighted by atomic mass is 19.4. The molecule has 3 unspecified atom stereocenters. The van der Waals surface area contributed by atoms with Crippen molar-refractivity contribution in [1.82, 2.24) is 5.32 Å². The van der Waals surface area contributed by atoms with Crippen molar-refractivity contribution < 1.29 is 13.2 Å². The van der Waals surface area contributed by atoms with E-state index in [0.717, 1.165) is 12.8 Å². The first-order valence-electron chi connectivity index (χ1n) is 6.81. The quantitative estimate of drug-likeness (QED) is 0.800. The minimum absolute atomic E-state index is 0.247. The lowest BCUT2D eigenvalue weighted by molar-refractivity contribution is -0.189. The van der Waals surface area contributed by atoms with Crippen LogP contribution in [0.4, 0.5) is 13.2 Å². The molecule has 2 aliphatic rings. The van der Waals surface area contributed by atoms with Gasteiger partial charge in [0.15, 0.2) is 0 Å². The highest BCUT2D eigenvalue weighted by molar-refractivity contribution is 4.89. The SMILES string of the molecule is CC(NC1CCCCC1C(F)(F)F)C1CCC1. The molecule has 100 valence electrons. The van der Waals surface area contributed by atoms with Gasteiger partial charge in [0.25, 0.3) is 0 Å². The van der Waals surface area contributed by atoms with E-state index in [1.165, 1.54) is 19.3 Å². The van der Waals surface area contributed by atoms with E-state index in [1.54, 1.807) is 0 Å². The summed E-state index contributed by atoms with van der Waals surface area (Å²) in [4.78, 5) is 0. The normalized spacial score (nSPS) is 33.2. The molecule has 3 atom stereocenters. The molecule has 1 N–H and O–H groups in total. The zero-order valence-corrected chi connectivity index (χ0v) is 10.4. The summed E-state index contributed by atoms with van der Waals surface area (Å²) >= 11 is 0. The summed E-state index contributed by atoms with van der Waals surface area (Å²) < 4.78 is 38.7. The highest BCUT2D eigenvalue weighted by Gasteiger charge is 2.46. The van der Waals surface area contributed by atoms with Gasteiger partial charge < -0.3 is 5.32 Å². The van der Waals surface area contributed by atoms with Gasteiger partial charge in [-0.25, -0.2) is 0 Å². The molecular weight excluding hydrogens is 227 g/mol. The third-order valence-corrected chi connectivity index (χ3v) is 4.52. The molecule has 2 saturated carbocycles. The van der Waals surface area contributed by atoms with Crippen LogP contribution in [0, 0.1) is 11.8 Å². The van der Waals surface area contributed by atoms with Crippen LogP contribution >= 0.6 is 0 Å². The van der Waals surface area contributed by atoms with Crippen molar-refractivity contribution in [3.8, 4) is 0 Å².